The minimum atomic E-state index is 0.527. The lowest BCUT2D eigenvalue weighted by molar-refractivity contribution is 1.60. The van der Waals surface area contributed by atoms with Crippen LogP contribution in [0.2, 0.25) is 0 Å². The largest absolute Gasteiger partial charge is 0.161 e. The van der Waals surface area contributed by atoms with E-state index in [1.807, 2.05) is 36.4 Å². The highest BCUT2D eigenvalue weighted by atomic mass is 32.1. The molecule has 0 aliphatic rings. The van der Waals surface area contributed by atoms with Crippen LogP contribution in [-0.4, -0.2) is 0 Å². The SMILES string of the molecule is O=Nc1ccc(-c2ccccc2)s1. The van der Waals surface area contributed by atoms with Gasteiger partial charge >= 0.3 is 0 Å². The molecule has 2 rings (SSSR count). The van der Waals surface area contributed by atoms with E-state index in [-0.39, 0.29) is 0 Å². The quantitative estimate of drug-likeness (QED) is 0.660. The Bertz CT molecular complexity index is 408. The Balaban J connectivity index is 2.41. The van der Waals surface area contributed by atoms with Crippen molar-refractivity contribution in [1.82, 2.24) is 0 Å². The summed E-state index contributed by atoms with van der Waals surface area (Å²) >= 11 is 1.41. The zero-order chi connectivity index (χ0) is 9.10. The number of hydrogen-bond acceptors (Lipinski definition) is 3. The molecule has 3 heteroatoms. The van der Waals surface area contributed by atoms with Gasteiger partial charge in [-0.2, -0.15) is 0 Å². The molecule has 0 aliphatic heterocycles. The monoisotopic (exact) mass is 189 g/mol. The molecule has 0 bridgehead atoms. The summed E-state index contributed by atoms with van der Waals surface area (Å²) in [6.45, 7) is 0. The molecule has 0 radical (unpaired) electrons. The average molecular weight is 189 g/mol. The molecule has 64 valence electrons. The molecule has 0 spiro atoms. The molecule has 0 N–H and O–H groups in total. The molecule has 2 aromatic rings. The number of thiophene rings is 1. The predicted molar refractivity (Wildman–Crippen MR) is 55.2 cm³/mol. The van der Waals surface area contributed by atoms with Crippen molar-refractivity contribution < 1.29 is 0 Å². The molecule has 0 saturated heterocycles. The van der Waals surface area contributed by atoms with Gasteiger partial charge in [0.15, 0.2) is 5.00 Å². The van der Waals surface area contributed by atoms with Gasteiger partial charge in [0, 0.05) is 4.88 Å². The molecule has 0 aliphatic carbocycles. The average Bonchev–Trinajstić information content (AvgIpc) is 2.67. The van der Waals surface area contributed by atoms with Crippen LogP contribution in [-0.2, 0) is 0 Å². The molecule has 0 fully saturated rings. The summed E-state index contributed by atoms with van der Waals surface area (Å²) in [4.78, 5) is 11.3. The van der Waals surface area contributed by atoms with Gasteiger partial charge in [-0.05, 0) is 22.9 Å². The van der Waals surface area contributed by atoms with Gasteiger partial charge in [0.1, 0.15) is 0 Å². The Morgan fingerprint density at radius 1 is 1.00 bits per heavy atom. The Morgan fingerprint density at radius 2 is 1.77 bits per heavy atom. The summed E-state index contributed by atoms with van der Waals surface area (Å²) in [5, 5.41) is 3.41. The molecule has 1 heterocycles. The normalized spacial score (nSPS) is 9.85. The van der Waals surface area contributed by atoms with E-state index in [1.54, 1.807) is 6.07 Å². The molecular weight excluding hydrogens is 182 g/mol. The number of nitroso groups, excluding NO2 is 1. The third-order valence-corrected chi connectivity index (χ3v) is 2.75. The predicted octanol–water partition coefficient (Wildman–Crippen LogP) is 3.81. The third kappa shape index (κ3) is 1.65. The van der Waals surface area contributed by atoms with Crippen LogP contribution in [0.15, 0.2) is 47.6 Å². The van der Waals surface area contributed by atoms with E-state index in [2.05, 4.69) is 5.18 Å². The highest BCUT2D eigenvalue weighted by molar-refractivity contribution is 7.19. The standard InChI is InChI=1S/C10H7NOS/c12-11-10-7-6-9(13-10)8-4-2-1-3-5-8/h1-7H. The maximum Gasteiger partial charge on any atom is 0.161 e. The van der Waals surface area contributed by atoms with Crippen molar-refractivity contribution in [3.8, 4) is 10.4 Å². The van der Waals surface area contributed by atoms with Crippen LogP contribution in [0, 0.1) is 4.91 Å². The number of hydrogen-bond donors (Lipinski definition) is 0. The number of rotatable bonds is 2. The van der Waals surface area contributed by atoms with Gasteiger partial charge in [0.25, 0.3) is 0 Å². The fourth-order valence-electron chi connectivity index (χ4n) is 1.13. The van der Waals surface area contributed by atoms with E-state index in [0.717, 1.165) is 10.4 Å². The number of nitrogens with zero attached hydrogens (tertiary/aromatic N) is 1. The first-order chi connectivity index (χ1) is 6.40. The zero-order valence-corrected chi connectivity index (χ0v) is 7.62. The van der Waals surface area contributed by atoms with E-state index in [1.165, 1.54) is 11.3 Å². The van der Waals surface area contributed by atoms with Crippen molar-refractivity contribution in [3.05, 3.63) is 47.4 Å². The first-order valence-corrected chi connectivity index (χ1v) is 4.70. The Morgan fingerprint density at radius 3 is 2.38 bits per heavy atom. The van der Waals surface area contributed by atoms with Crippen molar-refractivity contribution >= 4 is 16.3 Å². The first kappa shape index (κ1) is 8.13. The maximum absolute atomic E-state index is 10.2. The highest BCUT2D eigenvalue weighted by Gasteiger charge is 2.01. The smallest absolute Gasteiger partial charge is 0.144 e. The first-order valence-electron chi connectivity index (χ1n) is 3.89. The summed E-state index contributed by atoms with van der Waals surface area (Å²) in [6.07, 6.45) is 0. The van der Waals surface area contributed by atoms with Gasteiger partial charge in [-0.3, -0.25) is 0 Å². The van der Waals surface area contributed by atoms with Crippen LogP contribution in [0.3, 0.4) is 0 Å². The Kier molecular flexibility index (Phi) is 2.19. The minimum absolute atomic E-state index is 0.527. The second-order valence-corrected chi connectivity index (χ2v) is 3.66. The van der Waals surface area contributed by atoms with Crippen molar-refractivity contribution in [1.29, 1.82) is 0 Å². The summed E-state index contributed by atoms with van der Waals surface area (Å²) in [5.74, 6) is 0. The van der Waals surface area contributed by atoms with Crippen LogP contribution in [0.25, 0.3) is 10.4 Å². The fourth-order valence-corrected chi connectivity index (χ4v) is 1.92. The lowest BCUT2D eigenvalue weighted by Crippen LogP contribution is -1.67. The van der Waals surface area contributed by atoms with Crippen LogP contribution in [0.1, 0.15) is 0 Å². The molecule has 0 saturated carbocycles. The van der Waals surface area contributed by atoms with Crippen molar-refractivity contribution in [2.75, 3.05) is 0 Å². The van der Waals surface area contributed by atoms with Gasteiger partial charge < -0.3 is 0 Å². The van der Waals surface area contributed by atoms with Gasteiger partial charge in [0.05, 0.1) is 0 Å². The van der Waals surface area contributed by atoms with Gasteiger partial charge in [-0.15, -0.1) is 16.2 Å². The van der Waals surface area contributed by atoms with E-state index < -0.39 is 0 Å². The summed E-state index contributed by atoms with van der Waals surface area (Å²) in [6, 6.07) is 13.6. The van der Waals surface area contributed by atoms with Crippen molar-refractivity contribution in [2.24, 2.45) is 5.18 Å². The molecule has 1 aromatic carbocycles. The molecule has 0 amide bonds. The summed E-state index contributed by atoms with van der Waals surface area (Å²) in [5.41, 5.74) is 1.13. The third-order valence-electron chi connectivity index (χ3n) is 1.74. The van der Waals surface area contributed by atoms with Gasteiger partial charge in [-0.25, -0.2) is 0 Å². The second-order valence-electron chi connectivity index (χ2n) is 2.60. The zero-order valence-electron chi connectivity index (χ0n) is 6.81. The fraction of sp³-hybridized carbons (Fsp3) is 0. The Labute approximate surface area is 79.8 Å². The summed E-state index contributed by atoms with van der Waals surface area (Å²) in [7, 11) is 0. The van der Waals surface area contributed by atoms with E-state index in [9.17, 15) is 4.91 Å². The lowest BCUT2D eigenvalue weighted by atomic mass is 10.2. The summed E-state index contributed by atoms with van der Waals surface area (Å²) < 4.78 is 0. The van der Waals surface area contributed by atoms with Gasteiger partial charge in [-0.1, -0.05) is 30.3 Å². The van der Waals surface area contributed by atoms with E-state index >= 15 is 0 Å². The Hall–Kier alpha value is -1.48. The molecular formula is C10H7NOS. The highest BCUT2D eigenvalue weighted by Crippen LogP contribution is 2.32. The molecule has 2 nitrogen and oxygen atoms in total. The second kappa shape index (κ2) is 3.49. The van der Waals surface area contributed by atoms with Gasteiger partial charge in [0.2, 0.25) is 0 Å². The molecule has 1 aromatic heterocycles. The van der Waals surface area contributed by atoms with E-state index in [0.29, 0.717) is 5.00 Å². The van der Waals surface area contributed by atoms with Crippen molar-refractivity contribution in [3.63, 3.8) is 0 Å². The topological polar surface area (TPSA) is 29.4 Å². The van der Waals surface area contributed by atoms with Crippen LogP contribution >= 0.6 is 11.3 Å². The molecule has 13 heavy (non-hydrogen) atoms. The molecule has 0 atom stereocenters. The van der Waals surface area contributed by atoms with Crippen molar-refractivity contribution in [2.45, 2.75) is 0 Å². The maximum atomic E-state index is 10.2. The van der Waals surface area contributed by atoms with Crippen LogP contribution in [0.5, 0.6) is 0 Å². The van der Waals surface area contributed by atoms with E-state index in [4.69, 9.17) is 0 Å². The minimum Gasteiger partial charge on any atom is -0.144 e. The lowest BCUT2D eigenvalue weighted by Gasteiger charge is -1.93. The molecule has 0 unspecified atom stereocenters. The van der Waals surface area contributed by atoms with Crippen LogP contribution < -0.4 is 0 Å². The number of benzene rings is 1. The van der Waals surface area contributed by atoms with Crippen LogP contribution in [0.4, 0.5) is 5.00 Å².